The van der Waals surface area contributed by atoms with Crippen molar-refractivity contribution >= 4 is 10.1 Å². The van der Waals surface area contributed by atoms with Crippen LogP contribution in [0.2, 0.25) is 0 Å². The van der Waals surface area contributed by atoms with Crippen molar-refractivity contribution in [3.63, 3.8) is 0 Å². The average Bonchev–Trinajstić information content (AvgIpc) is 3.28. The van der Waals surface area contributed by atoms with E-state index >= 15 is 0 Å². The first-order valence-corrected chi connectivity index (χ1v) is 20.8. The van der Waals surface area contributed by atoms with Crippen LogP contribution in [0.5, 0.6) is 5.75 Å². The van der Waals surface area contributed by atoms with E-state index in [9.17, 15) is 21.6 Å². The Labute approximate surface area is 347 Å². The van der Waals surface area contributed by atoms with Crippen LogP contribution in [0.1, 0.15) is 22.3 Å². The molecule has 0 bridgehead atoms. The topological polar surface area (TPSA) is 82.0 Å². The number of hydrogen-bond acceptors (Lipinski definition) is 6. The van der Waals surface area contributed by atoms with E-state index in [4.69, 9.17) is 4.18 Å². The predicted molar refractivity (Wildman–Crippen MR) is 230 cm³/mol. The van der Waals surface area contributed by atoms with Gasteiger partial charge in [-0.25, -0.2) is 0 Å². The molecule has 0 aliphatic rings. The molecule has 0 fully saturated rings. The maximum Gasteiger partial charge on any atom is 0.534 e. The first kappa shape index (κ1) is 39.9. The number of rotatable bonds is 13. The fraction of sp³-hybridized carbons (Fsp3) is 0.100. The Hall–Kier alpha value is -6.91. The van der Waals surface area contributed by atoms with E-state index in [1.165, 1.54) is 6.07 Å². The third-order valence-corrected chi connectivity index (χ3v) is 11.2. The second-order valence-corrected chi connectivity index (χ2v) is 15.9. The van der Waals surface area contributed by atoms with E-state index in [0.717, 1.165) is 76.0 Å². The van der Waals surface area contributed by atoms with E-state index in [2.05, 4.69) is 81.7 Å². The molecule has 60 heavy (non-hydrogen) atoms. The summed E-state index contributed by atoms with van der Waals surface area (Å²) in [6.45, 7) is 0. The van der Waals surface area contributed by atoms with Crippen LogP contribution in [-0.2, 0) is 35.8 Å². The van der Waals surface area contributed by atoms with E-state index in [-0.39, 0.29) is 5.56 Å². The Balaban J connectivity index is 1.15. The minimum absolute atomic E-state index is 0.186. The van der Waals surface area contributed by atoms with Gasteiger partial charge < -0.3 is 4.18 Å². The van der Waals surface area contributed by atoms with E-state index in [1.54, 1.807) is 61.1 Å². The quantitative estimate of drug-likeness (QED) is 0.0851. The van der Waals surface area contributed by atoms with E-state index in [1.807, 2.05) is 48.5 Å². The highest BCUT2D eigenvalue weighted by atomic mass is 32.2. The van der Waals surface area contributed by atoms with Gasteiger partial charge in [-0.3, -0.25) is 15.0 Å². The molecule has 10 heteroatoms. The summed E-state index contributed by atoms with van der Waals surface area (Å²) in [5, 5.41) is 0. The van der Waals surface area contributed by atoms with Crippen molar-refractivity contribution in [2.24, 2.45) is 0 Å². The molecule has 0 amide bonds. The largest absolute Gasteiger partial charge is 0.534 e. The summed E-state index contributed by atoms with van der Waals surface area (Å²) < 4.78 is 71.2. The van der Waals surface area contributed by atoms with Crippen molar-refractivity contribution in [2.45, 2.75) is 31.2 Å². The molecule has 5 aromatic carbocycles. The SMILES string of the molecule is O=S(=O)(Oc1cc(-c2ccccn2)ccc1-c1ccccc1-c1cc(CCc2ccc(-c3ccccn3)cc2)cc(CCc2ccc(-c3ccccn3)cc2)c1)C(F)(F)F. The molecule has 0 aliphatic heterocycles. The molecule has 6 nitrogen and oxygen atoms in total. The van der Waals surface area contributed by atoms with Gasteiger partial charge in [0.05, 0.1) is 17.1 Å². The molecule has 0 atom stereocenters. The van der Waals surface area contributed by atoms with Crippen molar-refractivity contribution in [3.8, 4) is 61.8 Å². The highest BCUT2D eigenvalue weighted by molar-refractivity contribution is 7.88. The number of aryl methyl sites for hydroxylation is 4. The van der Waals surface area contributed by atoms with Gasteiger partial charge in [0, 0.05) is 40.8 Å². The lowest BCUT2D eigenvalue weighted by Gasteiger charge is -2.18. The molecule has 8 aromatic rings. The fourth-order valence-electron chi connectivity index (χ4n) is 7.18. The molecule has 0 radical (unpaired) electrons. The van der Waals surface area contributed by atoms with Gasteiger partial charge >= 0.3 is 15.6 Å². The monoisotopic (exact) mass is 817 g/mol. The minimum atomic E-state index is -6.00. The van der Waals surface area contributed by atoms with Gasteiger partial charge in [-0.1, -0.05) is 115 Å². The van der Waals surface area contributed by atoms with Crippen LogP contribution in [0.25, 0.3) is 56.0 Å². The van der Waals surface area contributed by atoms with Crippen LogP contribution < -0.4 is 4.18 Å². The lowest BCUT2D eigenvalue weighted by atomic mass is 9.89. The Bertz CT molecular complexity index is 2720. The number of hydrogen-bond donors (Lipinski definition) is 0. The normalized spacial score (nSPS) is 11.7. The summed E-state index contributed by atoms with van der Waals surface area (Å²) in [5.74, 6) is -0.456. The summed E-state index contributed by atoms with van der Waals surface area (Å²) in [6.07, 6.45) is 8.08. The molecule has 298 valence electrons. The van der Waals surface area contributed by atoms with Gasteiger partial charge in [-0.05, 0) is 113 Å². The zero-order chi connectivity index (χ0) is 41.5. The molecular weight excluding hydrogens is 780 g/mol. The molecule has 0 spiro atoms. The first-order chi connectivity index (χ1) is 29.1. The maximum atomic E-state index is 13.8. The number of halogens is 3. The highest BCUT2D eigenvalue weighted by Crippen LogP contribution is 2.42. The first-order valence-electron chi connectivity index (χ1n) is 19.4. The van der Waals surface area contributed by atoms with Crippen LogP contribution >= 0.6 is 0 Å². The van der Waals surface area contributed by atoms with Crippen LogP contribution in [-0.4, -0.2) is 28.9 Å². The van der Waals surface area contributed by atoms with Crippen molar-refractivity contribution in [1.82, 2.24) is 15.0 Å². The van der Waals surface area contributed by atoms with E-state index < -0.39 is 21.4 Å². The van der Waals surface area contributed by atoms with Crippen LogP contribution in [0.4, 0.5) is 13.2 Å². The third-order valence-electron chi connectivity index (χ3n) is 10.2. The van der Waals surface area contributed by atoms with Crippen molar-refractivity contribution < 1.29 is 25.8 Å². The van der Waals surface area contributed by atoms with Crippen LogP contribution in [0.15, 0.2) is 182 Å². The summed E-state index contributed by atoms with van der Waals surface area (Å²) >= 11 is 0. The smallest absolute Gasteiger partial charge is 0.375 e. The number of nitrogens with zero attached hydrogens (tertiary/aromatic N) is 3. The zero-order valence-electron chi connectivity index (χ0n) is 32.3. The lowest BCUT2D eigenvalue weighted by molar-refractivity contribution is -0.0499. The molecule has 0 N–H and O–H groups in total. The Morgan fingerprint density at radius 3 is 1.32 bits per heavy atom. The Kier molecular flexibility index (Phi) is 11.7. The number of alkyl halides is 3. The van der Waals surface area contributed by atoms with Crippen molar-refractivity contribution in [3.05, 3.63) is 205 Å². The third kappa shape index (κ3) is 9.35. The van der Waals surface area contributed by atoms with Crippen LogP contribution in [0.3, 0.4) is 0 Å². The van der Waals surface area contributed by atoms with Gasteiger partial charge in [0.25, 0.3) is 0 Å². The fourth-order valence-corrected chi connectivity index (χ4v) is 7.65. The maximum absolute atomic E-state index is 13.8. The van der Waals surface area contributed by atoms with E-state index in [0.29, 0.717) is 22.4 Å². The second kappa shape index (κ2) is 17.5. The predicted octanol–water partition coefficient (Wildman–Crippen LogP) is 12.0. The summed E-state index contributed by atoms with van der Waals surface area (Å²) in [7, 11) is -6.00. The molecule has 3 aromatic heterocycles. The highest BCUT2D eigenvalue weighted by Gasteiger charge is 2.49. The van der Waals surface area contributed by atoms with Gasteiger partial charge in [0.15, 0.2) is 5.75 Å². The summed E-state index contributed by atoms with van der Waals surface area (Å²) in [4.78, 5) is 13.2. The van der Waals surface area contributed by atoms with Gasteiger partial charge in [-0.15, -0.1) is 0 Å². The molecular formula is C50H38F3N3O3S. The summed E-state index contributed by atoms with van der Waals surface area (Å²) in [6, 6.07) is 51.8. The molecule has 3 heterocycles. The average molecular weight is 818 g/mol. The molecule has 8 rings (SSSR count). The minimum Gasteiger partial charge on any atom is -0.375 e. The summed E-state index contributed by atoms with van der Waals surface area (Å²) in [5.41, 5.74) is 5.82. The Morgan fingerprint density at radius 1 is 0.417 bits per heavy atom. The van der Waals surface area contributed by atoms with Crippen molar-refractivity contribution in [2.75, 3.05) is 0 Å². The lowest BCUT2D eigenvalue weighted by Crippen LogP contribution is -2.28. The van der Waals surface area contributed by atoms with Gasteiger partial charge in [0.2, 0.25) is 0 Å². The molecule has 0 saturated carbocycles. The number of aromatic nitrogens is 3. The molecule has 0 unspecified atom stereocenters. The van der Waals surface area contributed by atoms with Crippen LogP contribution in [0, 0.1) is 0 Å². The second-order valence-electron chi connectivity index (χ2n) is 14.3. The van der Waals surface area contributed by atoms with Crippen molar-refractivity contribution in [1.29, 1.82) is 0 Å². The standard InChI is InChI=1S/C50H38F3N3O3S/c51-50(52,53)60(57,58)59-49-34-41(48-13-5-8-30-56-48)26-27-45(49)44-10-2-1-9-43(44)42-32-37(16-14-35-18-22-39(23-19-35)46-11-3-6-28-54-46)31-38(33-42)17-15-36-20-24-40(25-21-36)47-12-4-7-29-55-47/h1-13,18-34H,14-17H2. The zero-order valence-corrected chi connectivity index (χ0v) is 33.1. The Morgan fingerprint density at radius 2 is 0.850 bits per heavy atom. The number of pyridine rings is 3. The molecule has 0 saturated heterocycles. The van der Waals surface area contributed by atoms with Gasteiger partial charge in [-0.2, -0.15) is 21.6 Å². The van der Waals surface area contributed by atoms with Gasteiger partial charge in [0.1, 0.15) is 0 Å². The molecule has 0 aliphatic carbocycles. The number of benzene rings is 5.